The number of carbonyl (C=O) groups excluding carboxylic acids is 1. The molecule has 0 aromatic carbocycles. The van der Waals surface area contributed by atoms with Crippen molar-refractivity contribution in [1.82, 2.24) is 5.32 Å². The van der Waals surface area contributed by atoms with Gasteiger partial charge in [0.1, 0.15) is 11.6 Å². The molecule has 1 rings (SSSR count). The highest BCUT2D eigenvalue weighted by molar-refractivity contribution is 5.89. The molecule has 0 aliphatic heterocycles. The van der Waals surface area contributed by atoms with Crippen molar-refractivity contribution in [2.45, 2.75) is 64.0 Å². The Morgan fingerprint density at radius 2 is 1.95 bits per heavy atom. The molecule has 5 heteroatoms. The average molecular weight is 271 g/mol. The van der Waals surface area contributed by atoms with Crippen molar-refractivity contribution in [1.29, 1.82) is 0 Å². The molecule has 0 aromatic rings. The van der Waals surface area contributed by atoms with E-state index in [1.54, 1.807) is 0 Å². The maximum Gasteiger partial charge on any atom is 0.329 e. The number of amides is 1. The summed E-state index contributed by atoms with van der Waals surface area (Å²) >= 11 is 0. The first-order valence-corrected chi connectivity index (χ1v) is 7.07. The molecule has 19 heavy (non-hydrogen) atoms. The van der Waals surface area contributed by atoms with Crippen molar-refractivity contribution in [3.63, 3.8) is 0 Å². The Hall–Kier alpha value is -1.10. The lowest BCUT2D eigenvalue weighted by atomic mass is 9.75. The third-order valence-electron chi connectivity index (χ3n) is 4.26. The monoisotopic (exact) mass is 271 g/mol. The van der Waals surface area contributed by atoms with E-state index in [0.29, 0.717) is 25.2 Å². The van der Waals surface area contributed by atoms with Crippen LogP contribution in [0.2, 0.25) is 0 Å². The second-order valence-corrected chi connectivity index (χ2v) is 5.36. The van der Waals surface area contributed by atoms with Crippen molar-refractivity contribution >= 4 is 11.9 Å². The molecule has 2 N–H and O–H groups in total. The summed E-state index contributed by atoms with van der Waals surface area (Å²) in [6.45, 7) is 3.96. The van der Waals surface area contributed by atoms with Gasteiger partial charge in [0.05, 0.1) is 0 Å². The van der Waals surface area contributed by atoms with Crippen molar-refractivity contribution in [3.8, 4) is 0 Å². The molecule has 0 spiro atoms. The molecule has 1 aliphatic rings. The number of nitrogens with one attached hydrogen (secondary N) is 1. The van der Waals surface area contributed by atoms with Gasteiger partial charge in [-0.05, 0) is 38.0 Å². The van der Waals surface area contributed by atoms with Crippen LogP contribution in [-0.4, -0.2) is 35.7 Å². The van der Waals surface area contributed by atoms with Crippen LogP contribution in [0, 0.1) is 5.92 Å². The van der Waals surface area contributed by atoms with E-state index < -0.39 is 17.6 Å². The molecular weight excluding hydrogens is 246 g/mol. The minimum atomic E-state index is -1.10. The van der Waals surface area contributed by atoms with Crippen molar-refractivity contribution in [2.24, 2.45) is 5.92 Å². The zero-order valence-electron chi connectivity index (χ0n) is 12.1. The SMILES string of the molecule is CCC1CCC(NC(=O)C(CC)OC)(C(=O)O)CC1. The number of aliphatic carboxylic acids is 1. The molecular formula is C14H25NO4. The minimum absolute atomic E-state index is 0.317. The fourth-order valence-electron chi connectivity index (χ4n) is 2.75. The molecule has 1 atom stereocenters. The van der Waals surface area contributed by atoms with Gasteiger partial charge >= 0.3 is 5.97 Å². The van der Waals surface area contributed by atoms with Crippen LogP contribution in [0.5, 0.6) is 0 Å². The molecule has 0 aromatic heterocycles. The second-order valence-electron chi connectivity index (χ2n) is 5.36. The standard InChI is InChI=1S/C14H25NO4/c1-4-10-6-8-14(9-7-10,13(17)18)15-12(16)11(5-2)19-3/h10-11H,4-9H2,1-3H3,(H,15,16)(H,17,18). The molecule has 1 fully saturated rings. The predicted molar refractivity (Wildman–Crippen MR) is 71.8 cm³/mol. The summed E-state index contributed by atoms with van der Waals surface area (Å²) in [5, 5.41) is 12.2. The molecule has 1 amide bonds. The summed E-state index contributed by atoms with van der Waals surface area (Å²) < 4.78 is 5.06. The highest BCUT2D eigenvalue weighted by Gasteiger charge is 2.43. The van der Waals surface area contributed by atoms with E-state index in [-0.39, 0.29) is 5.91 Å². The van der Waals surface area contributed by atoms with Gasteiger partial charge < -0.3 is 15.2 Å². The molecule has 0 saturated heterocycles. The Balaban J connectivity index is 2.74. The van der Waals surface area contributed by atoms with Crippen LogP contribution < -0.4 is 5.32 Å². The predicted octanol–water partition coefficient (Wildman–Crippen LogP) is 1.95. The van der Waals surface area contributed by atoms with Gasteiger partial charge in [-0.15, -0.1) is 0 Å². The summed E-state index contributed by atoms with van der Waals surface area (Å²) in [5.41, 5.74) is -1.10. The molecule has 5 nitrogen and oxygen atoms in total. The Morgan fingerprint density at radius 1 is 1.37 bits per heavy atom. The van der Waals surface area contributed by atoms with Gasteiger partial charge in [0.15, 0.2) is 0 Å². The average Bonchev–Trinajstić information content (AvgIpc) is 2.40. The smallest absolute Gasteiger partial charge is 0.329 e. The largest absolute Gasteiger partial charge is 0.480 e. The highest BCUT2D eigenvalue weighted by Crippen LogP contribution is 2.34. The Morgan fingerprint density at radius 3 is 2.32 bits per heavy atom. The van der Waals surface area contributed by atoms with Gasteiger partial charge in [-0.2, -0.15) is 0 Å². The number of carboxylic acids is 1. The van der Waals surface area contributed by atoms with E-state index in [2.05, 4.69) is 12.2 Å². The fourth-order valence-corrected chi connectivity index (χ4v) is 2.75. The van der Waals surface area contributed by atoms with Crippen LogP contribution in [0.25, 0.3) is 0 Å². The molecule has 110 valence electrons. The normalized spacial score (nSPS) is 28.7. The zero-order chi connectivity index (χ0) is 14.5. The van der Waals surface area contributed by atoms with Crippen molar-refractivity contribution in [2.75, 3.05) is 7.11 Å². The van der Waals surface area contributed by atoms with Gasteiger partial charge in [0, 0.05) is 7.11 Å². The second kappa shape index (κ2) is 6.89. The third kappa shape index (κ3) is 3.69. The lowest BCUT2D eigenvalue weighted by Gasteiger charge is -2.37. The van der Waals surface area contributed by atoms with Crippen LogP contribution in [-0.2, 0) is 14.3 Å². The van der Waals surface area contributed by atoms with Gasteiger partial charge in [-0.3, -0.25) is 4.79 Å². The maximum absolute atomic E-state index is 12.0. The number of hydrogen-bond donors (Lipinski definition) is 2. The van der Waals surface area contributed by atoms with Crippen LogP contribution in [0.15, 0.2) is 0 Å². The summed E-state index contributed by atoms with van der Waals surface area (Å²) in [4.78, 5) is 23.6. The van der Waals surface area contributed by atoms with E-state index in [1.807, 2.05) is 6.92 Å². The molecule has 1 saturated carbocycles. The number of methoxy groups -OCH3 is 1. The summed E-state index contributed by atoms with van der Waals surface area (Å²) in [6, 6.07) is 0. The van der Waals surface area contributed by atoms with Crippen LogP contribution in [0.1, 0.15) is 52.4 Å². The minimum Gasteiger partial charge on any atom is -0.480 e. The number of carboxylic acid groups (broad SMARTS) is 1. The molecule has 1 aliphatic carbocycles. The van der Waals surface area contributed by atoms with Crippen LogP contribution >= 0.6 is 0 Å². The Labute approximate surface area is 114 Å². The van der Waals surface area contributed by atoms with E-state index >= 15 is 0 Å². The lowest BCUT2D eigenvalue weighted by molar-refractivity contribution is -0.151. The Bertz CT molecular complexity index is 317. The number of ether oxygens (including phenoxy) is 1. The van der Waals surface area contributed by atoms with Crippen LogP contribution in [0.4, 0.5) is 0 Å². The summed E-state index contributed by atoms with van der Waals surface area (Å²) in [6.07, 6.45) is 3.76. The first-order valence-electron chi connectivity index (χ1n) is 7.07. The number of rotatable bonds is 6. The molecule has 0 heterocycles. The summed E-state index contributed by atoms with van der Waals surface area (Å²) in [7, 11) is 1.47. The van der Waals surface area contributed by atoms with Gasteiger partial charge in [-0.1, -0.05) is 20.3 Å². The van der Waals surface area contributed by atoms with Gasteiger partial charge in [-0.25, -0.2) is 4.79 Å². The third-order valence-corrected chi connectivity index (χ3v) is 4.26. The fraction of sp³-hybridized carbons (Fsp3) is 0.857. The van der Waals surface area contributed by atoms with E-state index in [0.717, 1.165) is 19.3 Å². The maximum atomic E-state index is 12.0. The number of carbonyl (C=O) groups is 2. The van der Waals surface area contributed by atoms with Crippen molar-refractivity contribution in [3.05, 3.63) is 0 Å². The van der Waals surface area contributed by atoms with Crippen molar-refractivity contribution < 1.29 is 19.4 Å². The number of hydrogen-bond acceptors (Lipinski definition) is 3. The van der Waals surface area contributed by atoms with Gasteiger partial charge in [0.25, 0.3) is 0 Å². The quantitative estimate of drug-likeness (QED) is 0.774. The summed E-state index contributed by atoms with van der Waals surface area (Å²) in [5.74, 6) is -0.669. The lowest BCUT2D eigenvalue weighted by Crippen LogP contribution is -2.58. The molecule has 0 radical (unpaired) electrons. The van der Waals surface area contributed by atoms with Crippen LogP contribution in [0.3, 0.4) is 0 Å². The molecule has 0 bridgehead atoms. The molecule has 1 unspecified atom stereocenters. The Kier molecular flexibility index (Phi) is 5.79. The first-order chi connectivity index (χ1) is 8.99. The van der Waals surface area contributed by atoms with E-state index in [4.69, 9.17) is 4.74 Å². The van der Waals surface area contributed by atoms with E-state index in [9.17, 15) is 14.7 Å². The van der Waals surface area contributed by atoms with E-state index in [1.165, 1.54) is 7.11 Å². The first kappa shape index (κ1) is 16.0. The highest BCUT2D eigenvalue weighted by atomic mass is 16.5. The topological polar surface area (TPSA) is 75.6 Å². The zero-order valence-corrected chi connectivity index (χ0v) is 12.1. The van der Waals surface area contributed by atoms with Gasteiger partial charge in [0.2, 0.25) is 5.91 Å².